The van der Waals surface area contributed by atoms with Gasteiger partial charge in [-0.05, 0) is 30.2 Å². The lowest BCUT2D eigenvalue weighted by atomic mass is 10.3. The number of nitrogens with zero attached hydrogens (tertiary/aromatic N) is 4. The van der Waals surface area contributed by atoms with Crippen LogP contribution in [-0.2, 0) is 11.3 Å². The van der Waals surface area contributed by atoms with Gasteiger partial charge in [-0.3, -0.25) is 4.98 Å². The number of rotatable bonds is 4. The molecule has 1 atom stereocenters. The van der Waals surface area contributed by atoms with Gasteiger partial charge in [-0.25, -0.2) is 9.97 Å². The van der Waals surface area contributed by atoms with E-state index in [-0.39, 0.29) is 6.10 Å². The lowest BCUT2D eigenvalue weighted by molar-refractivity contribution is 0.0552. The summed E-state index contributed by atoms with van der Waals surface area (Å²) >= 11 is 0. The van der Waals surface area contributed by atoms with E-state index in [1.54, 1.807) is 24.8 Å². The van der Waals surface area contributed by atoms with Crippen molar-refractivity contribution in [1.29, 1.82) is 0 Å². The van der Waals surface area contributed by atoms with Crippen LogP contribution in [0.15, 0.2) is 43.0 Å². The molecule has 1 fully saturated rings. The van der Waals surface area contributed by atoms with E-state index in [0.717, 1.165) is 31.0 Å². The molecule has 3 rings (SSSR count). The highest BCUT2D eigenvalue weighted by atomic mass is 16.5. The molecular weight excluding hydrogens is 240 g/mol. The Morgan fingerprint density at radius 1 is 1.16 bits per heavy atom. The summed E-state index contributed by atoms with van der Waals surface area (Å²) < 4.78 is 5.92. The Hall–Kier alpha value is -2.01. The standard InChI is InChI=1S/C14H16N4O/c1-5-16-14(17-6-1)18-9-4-13(10-18)19-11-12-2-7-15-8-3-12/h1-3,5-8,13H,4,9-11H2/t13-/m0/s1. The van der Waals surface area contributed by atoms with Gasteiger partial charge in [0.1, 0.15) is 0 Å². The van der Waals surface area contributed by atoms with Gasteiger partial charge in [0, 0.05) is 37.9 Å². The summed E-state index contributed by atoms with van der Waals surface area (Å²) in [7, 11) is 0. The average molecular weight is 256 g/mol. The van der Waals surface area contributed by atoms with Crippen molar-refractivity contribution >= 4 is 5.95 Å². The van der Waals surface area contributed by atoms with Crippen molar-refractivity contribution < 1.29 is 4.74 Å². The van der Waals surface area contributed by atoms with Crippen molar-refractivity contribution in [2.75, 3.05) is 18.0 Å². The predicted molar refractivity (Wildman–Crippen MR) is 71.7 cm³/mol. The third-order valence-corrected chi connectivity index (χ3v) is 3.22. The molecule has 19 heavy (non-hydrogen) atoms. The number of hydrogen-bond donors (Lipinski definition) is 0. The minimum absolute atomic E-state index is 0.247. The second kappa shape index (κ2) is 5.75. The fraction of sp³-hybridized carbons (Fsp3) is 0.357. The van der Waals surface area contributed by atoms with E-state index in [1.807, 2.05) is 18.2 Å². The summed E-state index contributed by atoms with van der Waals surface area (Å²) in [6.45, 7) is 2.44. The van der Waals surface area contributed by atoms with Gasteiger partial charge in [0.2, 0.25) is 5.95 Å². The summed E-state index contributed by atoms with van der Waals surface area (Å²) in [5.41, 5.74) is 1.16. The molecule has 0 bridgehead atoms. The summed E-state index contributed by atoms with van der Waals surface area (Å²) in [6, 6.07) is 5.79. The maximum absolute atomic E-state index is 5.92. The van der Waals surface area contributed by atoms with Crippen molar-refractivity contribution in [3.05, 3.63) is 48.5 Å². The lowest BCUT2D eigenvalue weighted by Gasteiger charge is -2.16. The molecule has 0 amide bonds. The van der Waals surface area contributed by atoms with E-state index in [2.05, 4.69) is 19.9 Å². The van der Waals surface area contributed by atoms with Crippen LogP contribution in [-0.4, -0.2) is 34.1 Å². The van der Waals surface area contributed by atoms with Crippen LogP contribution in [0.5, 0.6) is 0 Å². The van der Waals surface area contributed by atoms with Crippen LogP contribution in [0.4, 0.5) is 5.95 Å². The Kier molecular flexibility index (Phi) is 3.65. The monoisotopic (exact) mass is 256 g/mol. The highest BCUT2D eigenvalue weighted by Gasteiger charge is 2.24. The minimum atomic E-state index is 0.247. The first-order valence-corrected chi connectivity index (χ1v) is 6.44. The largest absolute Gasteiger partial charge is 0.372 e. The maximum Gasteiger partial charge on any atom is 0.225 e. The van der Waals surface area contributed by atoms with Crippen molar-refractivity contribution in [1.82, 2.24) is 15.0 Å². The summed E-state index contributed by atoms with van der Waals surface area (Å²) in [5, 5.41) is 0. The molecule has 1 saturated heterocycles. The van der Waals surface area contributed by atoms with Gasteiger partial charge in [-0.2, -0.15) is 0 Å². The van der Waals surface area contributed by atoms with Gasteiger partial charge in [-0.1, -0.05) is 0 Å². The molecule has 5 heteroatoms. The van der Waals surface area contributed by atoms with Crippen LogP contribution in [0.25, 0.3) is 0 Å². The van der Waals surface area contributed by atoms with E-state index >= 15 is 0 Å². The zero-order valence-corrected chi connectivity index (χ0v) is 10.6. The number of hydrogen-bond acceptors (Lipinski definition) is 5. The number of aromatic nitrogens is 3. The second-order valence-electron chi connectivity index (χ2n) is 4.57. The predicted octanol–water partition coefficient (Wildman–Crippen LogP) is 1.67. The molecule has 1 aliphatic rings. The Labute approximate surface area is 112 Å². The minimum Gasteiger partial charge on any atom is -0.372 e. The first kappa shape index (κ1) is 12.0. The SMILES string of the molecule is c1cnc(N2CC[C@H](OCc3ccncc3)C2)nc1. The normalized spacial score (nSPS) is 18.7. The molecule has 3 heterocycles. The maximum atomic E-state index is 5.92. The molecule has 0 N–H and O–H groups in total. The molecule has 0 aromatic carbocycles. The summed E-state index contributed by atoms with van der Waals surface area (Å²) in [5.74, 6) is 0.789. The molecule has 2 aromatic rings. The Morgan fingerprint density at radius 3 is 2.74 bits per heavy atom. The number of pyridine rings is 1. The zero-order chi connectivity index (χ0) is 12.9. The lowest BCUT2D eigenvalue weighted by Crippen LogP contribution is -2.24. The Bertz CT molecular complexity index is 505. The van der Waals surface area contributed by atoms with Crippen molar-refractivity contribution in [3.8, 4) is 0 Å². The molecule has 0 saturated carbocycles. The number of ether oxygens (including phenoxy) is 1. The highest BCUT2D eigenvalue weighted by molar-refractivity contribution is 5.30. The molecule has 1 aliphatic heterocycles. The third-order valence-electron chi connectivity index (χ3n) is 3.22. The molecule has 0 unspecified atom stereocenters. The zero-order valence-electron chi connectivity index (χ0n) is 10.6. The molecule has 5 nitrogen and oxygen atoms in total. The number of anilines is 1. The quantitative estimate of drug-likeness (QED) is 0.832. The Balaban J connectivity index is 1.52. The molecule has 0 radical (unpaired) electrons. The molecule has 2 aromatic heterocycles. The van der Waals surface area contributed by atoms with Gasteiger partial charge in [-0.15, -0.1) is 0 Å². The van der Waals surface area contributed by atoms with Crippen LogP contribution >= 0.6 is 0 Å². The van der Waals surface area contributed by atoms with Gasteiger partial charge < -0.3 is 9.64 Å². The van der Waals surface area contributed by atoms with E-state index < -0.39 is 0 Å². The van der Waals surface area contributed by atoms with Gasteiger partial charge in [0.05, 0.1) is 12.7 Å². The van der Waals surface area contributed by atoms with Crippen LogP contribution in [0.1, 0.15) is 12.0 Å². The topological polar surface area (TPSA) is 51.1 Å². The second-order valence-corrected chi connectivity index (χ2v) is 4.57. The van der Waals surface area contributed by atoms with Crippen molar-refractivity contribution in [2.45, 2.75) is 19.1 Å². The van der Waals surface area contributed by atoms with E-state index in [1.165, 1.54) is 0 Å². The van der Waals surface area contributed by atoms with Crippen molar-refractivity contribution in [2.24, 2.45) is 0 Å². The fourth-order valence-electron chi connectivity index (χ4n) is 2.19. The van der Waals surface area contributed by atoms with Gasteiger partial charge >= 0.3 is 0 Å². The molecular formula is C14H16N4O. The van der Waals surface area contributed by atoms with E-state index in [0.29, 0.717) is 6.61 Å². The van der Waals surface area contributed by atoms with E-state index in [9.17, 15) is 0 Å². The highest BCUT2D eigenvalue weighted by Crippen LogP contribution is 2.18. The van der Waals surface area contributed by atoms with Gasteiger partial charge in [0.25, 0.3) is 0 Å². The van der Waals surface area contributed by atoms with Gasteiger partial charge in [0.15, 0.2) is 0 Å². The van der Waals surface area contributed by atoms with Crippen molar-refractivity contribution in [3.63, 3.8) is 0 Å². The first-order valence-electron chi connectivity index (χ1n) is 6.44. The molecule has 0 aliphatic carbocycles. The van der Waals surface area contributed by atoms with Crippen LogP contribution in [0, 0.1) is 0 Å². The first-order chi connectivity index (χ1) is 9.42. The third kappa shape index (κ3) is 3.06. The molecule has 0 spiro atoms. The van der Waals surface area contributed by atoms with E-state index in [4.69, 9.17) is 4.74 Å². The van der Waals surface area contributed by atoms with Crippen LogP contribution in [0.2, 0.25) is 0 Å². The Morgan fingerprint density at radius 2 is 1.95 bits per heavy atom. The summed E-state index contributed by atoms with van der Waals surface area (Å²) in [6.07, 6.45) is 8.39. The summed E-state index contributed by atoms with van der Waals surface area (Å²) in [4.78, 5) is 14.7. The molecule has 98 valence electrons. The fourth-order valence-corrected chi connectivity index (χ4v) is 2.19. The smallest absolute Gasteiger partial charge is 0.225 e. The van der Waals surface area contributed by atoms with Crippen LogP contribution in [0.3, 0.4) is 0 Å². The average Bonchev–Trinajstić information content (AvgIpc) is 2.96. The van der Waals surface area contributed by atoms with Crippen LogP contribution < -0.4 is 4.90 Å².